The zero-order chi connectivity index (χ0) is 9.97. The van der Waals surface area contributed by atoms with Gasteiger partial charge in [0.1, 0.15) is 5.75 Å². The highest BCUT2D eigenvalue weighted by Gasteiger charge is 2.27. The van der Waals surface area contributed by atoms with Crippen LogP contribution < -0.4 is 4.74 Å². The van der Waals surface area contributed by atoms with Gasteiger partial charge in [-0.05, 0) is 37.3 Å². The number of rotatable bonds is 4. The zero-order valence-corrected chi connectivity index (χ0v) is 8.55. The molecule has 1 aromatic rings. The van der Waals surface area contributed by atoms with Gasteiger partial charge in [0.2, 0.25) is 0 Å². The summed E-state index contributed by atoms with van der Waals surface area (Å²) in [5.74, 6) is 1.71. The molecule has 1 fully saturated rings. The van der Waals surface area contributed by atoms with E-state index in [2.05, 4.69) is 24.8 Å². The Labute approximate surface area is 85.4 Å². The summed E-state index contributed by atoms with van der Waals surface area (Å²) in [6.07, 6.45) is 5.51. The molecule has 1 nitrogen and oxygen atoms in total. The second kappa shape index (κ2) is 3.87. The van der Waals surface area contributed by atoms with E-state index in [4.69, 9.17) is 4.74 Å². The molecular formula is C13H15O. The van der Waals surface area contributed by atoms with E-state index in [0.29, 0.717) is 12.5 Å². The van der Waals surface area contributed by atoms with E-state index >= 15 is 0 Å². The Balaban J connectivity index is 2.40. The fraction of sp³-hybridized carbons (Fsp3) is 0.385. The lowest BCUT2D eigenvalue weighted by Gasteiger charge is -2.12. The lowest BCUT2D eigenvalue weighted by molar-refractivity contribution is 0.335. The molecule has 1 aromatic carbocycles. The summed E-state index contributed by atoms with van der Waals surface area (Å²) < 4.78 is 5.66. The van der Waals surface area contributed by atoms with Gasteiger partial charge in [0.25, 0.3) is 0 Å². The van der Waals surface area contributed by atoms with E-state index in [-0.39, 0.29) is 0 Å². The third-order valence-electron chi connectivity index (χ3n) is 2.54. The Bertz CT molecular complexity index is 337. The van der Waals surface area contributed by atoms with Crippen molar-refractivity contribution in [3.05, 3.63) is 42.0 Å². The molecule has 0 heterocycles. The van der Waals surface area contributed by atoms with Crippen molar-refractivity contribution in [2.24, 2.45) is 0 Å². The molecule has 0 N–H and O–H groups in total. The van der Waals surface area contributed by atoms with Gasteiger partial charge in [0, 0.05) is 5.56 Å². The summed E-state index contributed by atoms with van der Waals surface area (Å²) >= 11 is 0. The molecule has 0 spiro atoms. The first-order chi connectivity index (χ1) is 6.86. The Kier molecular flexibility index (Phi) is 2.58. The van der Waals surface area contributed by atoms with Crippen molar-refractivity contribution < 1.29 is 4.74 Å². The Morgan fingerprint density at radius 3 is 2.86 bits per heavy atom. The van der Waals surface area contributed by atoms with Crippen LogP contribution in [0.1, 0.15) is 36.8 Å². The first-order valence-corrected chi connectivity index (χ1v) is 5.15. The SMILES string of the molecule is C=[C]c1cccc(C2CC2)c1OCC. The molecule has 0 bridgehead atoms. The first-order valence-electron chi connectivity index (χ1n) is 5.15. The number of para-hydroxylation sites is 1. The smallest absolute Gasteiger partial charge is 0.130 e. The van der Waals surface area contributed by atoms with Crippen molar-refractivity contribution in [3.8, 4) is 5.75 Å². The van der Waals surface area contributed by atoms with E-state index < -0.39 is 0 Å². The van der Waals surface area contributed by atoms with Crippen molar-refractivity contribution in [1.82, 2.24) is 0 Å². The molecule has 2 rings (SSSR count). The Morgan fingerprint density at radius 1 is 1.50 bits per heavy atom. The lowest BCUT2D eigenvalue weighted by Crippen LogP contribution is -1.98. The van der Waals surface area contributed by atoms with Crippen LogP contribution in [0.5, 0.6) is 5.75 Å². The molecule has 0 saturated heterocycles. The number of ether oxygens (including phenoxy) is 1. The molecule has 0 aliphatic heterocycles. The first kappa shape index (κ1) is 9.32. The second-order valence-electron chi connectivity index (χ2n) is 3.61. The zero-order valence-electron chi connectivity index (χ0n) is 8.55. The van der Waals surface area contributed by atoms with Crippen molar-refractivity contribution >= 4 is 0 Å². The molecular weight excluding hydrogens is 172 g/mol. The predicted molar refractivity (Wildman–Crippen MR) is 57.6 cm³/mol. The topological polar surface area (TPSA) is 9.23 Å². The van der Waals surface area contributed by atoms with Gasteiger partial charge >= 0.3 is 0 Å². The minimum Gasteiger partial charge on any atom is -0.493 e. The van der Waals surface area contributed by atoms with Crippen LogP contribution in [0.25, 0.3) is 0 Å². The van der Waals surface area contributed by atoms with Crippen molar-refractivity contribution in [2.45, 2.75) is 25.7 Å². The molecule has 1 radical (unpaired) electrons. The van der Waals surface area contributed by atoms with Crippen LogP contribution in [-0.4, -0.2) is 6.61 Å². The molecule has 0 aromatic heterocycles. The van der Waals surface area contributed by atoms with Crippen molar-refractivity contribution in [1.29, 1.82) is 0 Å². The van der Waals surface area contributed by atoms with Gasteiger partial charge < -0.3 is 4.74 Å². The normalized spacial score (nSPS) is 15.2. The van der Waals surface area contributed by atoms with Gasteiger partial charge in [-0.25, -0.2) is 0 Å². The van der Waals surface area contributed by atoms with Crippen LogP contribution in [0.15, 0.2) is 24.8 Å². The standard InChI is InChI=1S/C13H15O/c1-3-10-6-5-7-12(11-8-9-11)13(10)14-4-2/h5-7,11H,1,4,8-9H2,2H3. The molecule has 1 heteroatoms. The van der Waals surface area contributed by atoms with Crippen LogP contribution >= 0.6 is 0 Å². The van der Waals surface area contributed by atoms with Gasteiger partial charge in [-0.2, -0.15) is 0 Å². The van der Waals surface area contributed by atoms with E-state index in [1.807, 2.05) is 13.0 Å². The van der Waals surface area contributed by atoms with Crippen LogP contribution in [0, 0.1) is 6.08 Å². The Hall–Kier alpha value is -1.24. The Morgan fingerprint density at radius 2 is 2.29 bits per heavy atom. The average Bonchev–Trinajstić information content (AvgIpc) is 3.02. The summed E-state index contributed by atoms with van der Waals surface area (Å²) in [6.45, 7) is 6.41. The van der Waals surface area contributed by atoms with E-state index in [0.717, 1.165) is 11.3 Å². The van der Waals surface area contributed by atoms with Crippen LogP contribution in [-0.2, 0) is 0 Å². The van der Waals surface area contributed by atoms with E-state index in [1.54, 1.807) is 0 Å². The molecule has 14 heavy (non-hydrogen) atoms. The number of benzene rings is 1. The third kappa shape index (κ3) is 1.67. The largest absolute Gasteiger partial charge is 0.493 e. The van der Waals surface area contributed by atoms with Gasteiger partial charge in [0.05, 0.1) is 6.61 Å². The summed E-state index contributed by atoms with van der Waals surface area (Å²) in [7, 11) is 0. The highest BCUT2D eigenvalue weighted by molar-refractivity contribution is 5.47. The summed E-state index contributed by atoms with van der Waals surface area (Å²) in [5.41, 5.74) is 2.33. The molecule has 73 valence electrons. The van der Waals surface area contributed by atoms with Crippen molar-refractivity contribution in [3.63, 3.8) is 0 Å². The molecule has 0 amide bonds. The fourth-order valence-electron chi connectivity index (χ4n) is 1.72. The van der Waals surface area contributed by atoms with Gasteiger partial charge in [-0.1, -0.05) is 24.8 Å². The summed E-state index contributed by atoms with van der Waals surface area (Å²) in [4.78, 5) is 0. The van der Waals surface area contributed by atoms with Gasteiger partial charge in [-0.15, -0.1) is 0 Å². The lowest BCUT2D eigenvalue weighted by atomic mass is 10.0. The maximum absolute atomic E-state index is 5.66. The molecule has 1 saturated carbocycles. The number of hydrogen-bond acceptors (Lipinski definition) is 1. The third-order valence-corrected chi connectivity index (χ3v) is 2.54. The average molecular weight is 187 g/mol. The second-order valence-corrected chi connectivity index (χ2v) is 3.61. The molecule has 0 unspecified atom stereocenters. The highest BCUT2D eigenvalue weighted by Crippen LogP contribution is 2.45. The highest BCUT2D eigenvalue weighted by atomic mass is 16.5. The molecule has 1 aliphatic carbocycles. The quantitative estimate of drug-likeness (QED) is 0.702. The molecule has 1 aliphatic rings. The maximum atomic E-state index is 5.66. The fourth-order valence-corrected chi connectivity index (χ4v) is 1.72. The monoisotopic (exact) mass is 187 g/mol. The summed E-state index contributed by atoms with van der Waals surface area (Å²) in [6, 6.07) is 6.22. The van der Waals surface area contributed by atoms with Gasteiger partial charge in [-0.3, -0.25) is 0 Å². The van der Waals surface area contributed by atoms with E-state index in [9.17, 15) is 0 Å². The van der Waals surface area contributed by atoms with Gasteiger partial charge in [0.15, 0.2) is 0 Å². The molecule has 0 atom stereocenters. The summed E-state index contributed by atoms with van der Waals surface area (Å²) in [5, 5.41) is 0. The minimum absolute atomic E-state index is 0.707. The van der Waals surface area contributed by atoms with Crippen LogP contribution in [0.2, 0.25) is 0 Å². The van der Waals surface area contributed by atoms with E-state index in [1.165, 1.54) is 18.4 Å². The predicted octanol–water partition coefficient (Wildman–Crippen LogP) is 3.30. The maximum Gasteiger partial charge on any atom is 0.130 e. The number of hydrogen-bond donors (Lipinski definition) is 0. The van der Waals surface area contributed by atoms with Crippen LogP contribution in [0.4, 0.5) is 0 Å². The minimum atomic E-state index is 0.707. The van der Waals surface area contributed by atoms with Crippen molar-refractivity contribution in [2.75, 3.05) is 6.61 Å². The van der Waals surface area contributed by atoms with Crippen LogP contribution in [0.3, 0.4) is 0 Å².